The third-order valence-electron chi connectivity index (χ3n) is 5.56. The summed E-state index contributed by atoms with van der Waals surface area (Å²) >= 11 is 0. The van der Waals surface area contributed by atoms with E-state index in [4.69, 9.17) is 9.47 Å². The Labute approximate surface area is 194 Å². The molecule has 3 aromatic rings. The highest BCUT2D eigenvalue weighted by Gasteiger charge is 2.37. The number of rotatable bonds is 5. The molecule has 3 aromatic carbocycles. The third-order valence-corrected chi connectivity index (χ3v) is 7.36. The van der Waals surface area contributed by atoms with Crippen LogP contribution in [-0.2, 0) is 14.8 Å². The summed E-state index contributed by atoms with van der Waals surface area (Å²) in [6.45, 7) is 5.61. The molecule has 0 saturated heterocycles. The summed E-state index contributed by atoms with van der Waals surface area (Å²) in [7, 11) is -2.43. The molecule has 0 spiro atoms. The van der Waals surface area contributed by atoms with Gasteiger partial charge in [-0.3, -0.25) is 9.10 Å². The Morgan fingerprint density at radius 1 is 1.00 bits per heavy atom. The number of nitrogens with one attached hydrogen (secondary N) is 1. The molecule has 4 rings (SSSR count). The number of amides is 1. The SMILES string of the molecule is COc1ccc(S(=O)(=O)N2C[C@H](C(=O)Nc3ccc(C)cc3C)Oc3cc(C)ccc32)cc1. The van der Waals surface area contributed by atoms with E-state index in [9.17, 15) is 13.2 Å². The van der Waals surface area contributed by atoms with Crippen LogP contribution in [0.2, 0.25) is 0 Å². The molecule has 33 heavy (non-hydrogen) atoms. The van der Waals surface area contributed by atoms with Crippen molar-refractivity contribution in [2.45, 2.75) is 31.8 Å². The molecule has 1 aliphatic rings. The Morgan fingerprint density at radius 2 is 1.67 bits per heavy atom. The Kier molecular flexibility index (Phi) is 6.03. The van der Waals surface area contributed by atoms with E-state index in [1.54, 1.807) is 24.3 Å². The van der Waals surface area contributed by atoms with Crippen molar-refractivity contribution in [3.8, 4) is 11.5 Å². The largest absolute Gasteiger partial charge is 0.497 e. The van der Waals surface area contributed by atoms with E-state index < -0.39 is 22.0 Å². The molecule has 1 heterocycles. The van der Waals surface area contributed by atoms with Crippen molar-refractivity contribution in [3.05, 3.63) is 77.4 Å². The monoisotopic (exact) mass is 466 g/mol. The second-order valence-corrected chi connectivity index (χ2v) is 9.96. The molecule has 8 heteroatoms. The first-order valence-electron chi connectivity index (χ1n) is 10.5. The van der Waals surface area contributed by atoms with Crippen LogP contribution in [0, 0.1) is 20.8 Å². The van der Waals surface area contributed by atoms with E-state index in [0.717, 1.165) is 16.7 Å². The number of sulfonamides is 1. The van der Waals surface area contributed by atoms with Gasteiger partial charge in [-0.25, -0.2) is 8.42 Å². The molecule has 1 amide bonds. The minimum absolute atomic E-state index is 0.102. The zero-order valence-electron chi connectivity index (χ0n) is 19.0. The lowest BCUT2D eigenvalue weighted by molar-refractivity contribution is -0.122. The number of carbonyl (C=O) groups excluding carboxylic acids is 1. The van der Waals surface area contributed by atoms with Crippen molar-refractivity contribution in [2.24, 2.45) is 0 Å². The lowest BCUT2D eigenvalue weighted by atomic mass is 10.1. The Bertz CT molecular complexity index is 1300. The normalized spacial score (nSPS) is 15.4. The van der Waals surface area contributed by atoms with Gasteiger partial charge in [0.05, 0.1) is 24.2 Å². The van der Waals surface area contributed by atoms with Gasteiger partial charge in [-0.05, 0) is 74.4 Å². The second kappa shape index (κ2) is 8.78. The van der Waals surface area contributed by atoms with Gasteiger partial charge in [-0.1, -0.05) is 23.8 Å². The number of aryl methyl sites for hydroxylation is 3. The summed E-state index contributed by atoms with van der Waals surface area (Å²) in [6.07, 6.45) is -1.02. The minimum atomic E-state index is -3.95. The quantitative estimate of drug-likeness (QED) is 0.609. The molecular formula is C25H26N2O5S. The fourth-order valence-electron chi connectivity index (χ4n) is 3.77. The van der Waals surface area contributed by atoms with Crippen LogP contribution in [0.5, 0.6) is 11.5 Å². The Balaban J connectivity index is 1.69. The maximum absolute atomic E-state index is 13.6. The average Bonchev–Trinajstić information content (AvgIpc) is 2.79. The average molecular weight is 467 g/mol. The van der Waals surface area contributed by atoms with Crippen molar-refractivity contribution in [2.75, 3.05) is 23.3 Å². The zero-order valence-corrected chi connectivity index (χ0v) is 19.8. The van der Waals surface area contributed by atoms with Crippen molar-refractivity contribution in [1.82, 2.24) is 0 Å². The molecule has 0 radical (unpaired) electrons. The maximum atomic E-state index is 13.6. The van der Waals surface area contributed by atoms with E-state index in [0.29, 0.717) is 22.9 Å². The third kappa shape index (κ3) is 4.52. The molecule has 1 N–H and O–H groups in total. The fourth-order valence-corrected chi connectivity index (χ4v) is 5.24. The lowest BCUT2D eigenvalue weighted by Gasteiger charge is -2.35. The van der Waals surface area contributed by atoms with Crippen LogP contribution >= 0.6 is 0 Å². The van der Waals surface area contributed by atoms with Gasteiger partial charge in [-0.2, -0.15) is 0 Å². The smallest absolute Gasteiger partial charge is 0.267 e. The summed E-state index contributed by atoms with van der Waals surface area (Å²) in [5.41, 5.74) is 3.95. The molecule has 7 nitrogen and oxygen atoms in total. The molecule has 0 saturated carbocycles. The first kappa shape index (κ1) is 22.7. The van der Waals surface area contributed by atoms with Gasteiger partial charge >= 0.3 is 0 Å². The van der Waals surface area contributed by atoms with Gasteiger partial charge in [0.2, 0.25) is 0 Å². The van der Waals surface area contributed by atoms with Crippen LogP contribution in [0.4, 0.5) is 11.4 Å². The predicted molar refractivity (Wildman–Crippen MR) is 128 cm³/mol. The summed E-state index contributed by atoms with van der Waals surface area (Å²) in [4.78, 5) is 13.2. The van der Waals surface area contributed by atoms with Crippen LogP contribution in [-0.4, -0.2) is 34.1 Å². The number of methoxy groups -OCH3 is 1. The lowest BCUT2D eigenvalue weighted by Crippen LogP contribution is -2.48. The van der Waals surface area contributed by atoms with Crippen LogP contribution in [0.25, 0.3) is 0 Å². The van der Waals surface area contributed by atoms with Gasteiger partial charge in [0.1, 0.15) is 11.5 Å². The highest BCUT2D eigenvalue weighted by molar-refractivity contribution is 7.92. The zero-order chi connectivity index (χ0) is 23.8. The summed E-state index contributed by atoms with van der Waals surface area (Å²) in [5, 5.41) is 2.88. The summed E-state index contributed by atoms with van der Waals surface area (Å²) in [6, 6.07) is 17.1. The molecule has 0 aromatic heterocycles. The Hall–Kier alpha value is -3.52. The van der Waals surface area contributed by atoms with Gasteiger partial charge in [0, 0.05) is 5.69 Å². The van der Waals surface area contributed by atoms with Crippen LogP contribution < -0.4 is 19.1 Å². The predicted octanol–water partition coefficient (Wildman–Crippen LogP) is 4.22. The molecule has 0 bridgehead atoms. The number of hydrogen-bond donors (Lipinski definition) is 1. The van der Waals surface area contributed by atoms with E-state index in [2.05, 4.69) is 5.32 Å². The standard InChI is InChI=1S/C25H26N2O5S/c1-16-5-11-21(18(3)13-16)26-25(28)24-15-27(22-12-6-17(2)14-23(22)32-24)33(29,30)20-9-7-19(31-4)8-10-20/h5-14,24H,15H2,1-4H3,(H,26,28)/t24-/m1/s1. The van der Waals surface area contributed by atoms with Crippen molar-refractivity contribution in [1.29, 1.82) is 0 Å². The highest BCUT2D eigenvalue weighted by Crippen LogP contribution is 2.38. The maximum Gasteiger partial charge on any atom is 0.267 e. The molecule has 172 valence electrons. The number of fused-ring (bicyclic) bond motifs is 1. The first-order chi connectivity index (χ1) is 15.7. The molecule has 1 atom stereocenters. The van der Waals surface area contributed by atoms with Crippen LogP contribution in [0.15, 0.2) is 65.6 Å². The van der Waals surface area contributed by atoms with Gasteiger partial charge in [-0.15, -0.1) is 0 Å². The summed E-state index contributed by atoms with van der Waals surface area (Å²) in [5.74, 6) is 0.487. The van der Waals surface area contributed by atoms with E-state index in [-0.39, 0.29) is 11.4 Å². The van der Waals surface area contributed by atoms with E-state index in [1.807, 2.05) is 45.0 Å². The summed E-state index contributed by atoms with van der Waals surface area (Å²) < 4.78 is 39.4. The number of benzene rings is 3. The molecular weight excluding hydrogens is 440 g/mol. The molecule has 1 aliphatic heterocycles. The van der Waals surface area contributed by atoms with Gasteiger partial charge < -0.3 is 14.8 Å². The molecule has 0 unspecified atom stereocenters. The fraction of sp³-hybridized carbons (Fsp3) is 0.240. The van der Waals surface area contributed by atoms with Gasteiger partial charge in [0.25, 0.3) is 15.9 Å². The number of anilines is 2. The van der Waals surface area contributed by atoms with Crippen LogP contribution in [0.3, 0.4) is 0 Å². The van der Waals surface area contributed by atoms with E-state index in [1.165, 1.54) is 23.5 Å². The first-order valence-corrected chi connectivity index (χ1v) is 12.0. The molecule has 0 aliphatic carbocycles. The van der Waals surface area contributed by atoms with E-state index >= 15 is 0 Å². The second-order valence-electron chi connectivity index (χ2n) is 8.10. The number of carbonyl (C=O) groups is 1. The highest BCUT2D eigenvalue weighted by atomic mass is 32.2. The van der Waals surface area contributed by atoms with Crippen molar-refractivity contribution < 1.29 is 22.7 Å². The van der Waals surface area contributed by atoms with Crippen molar-refractivity contribution in [3.63, 3.8) is 0 Å². The number of ether oxygens (including phenoxy) is 2. The van der Waals surface area contributed by atoms with Gasteiger partial charge in [0.15, 0.2) is 6.10 Å². The molecule has 0 fully saturated rings. The minimum Gasteiger partial charge on any atom is -0.497 e. The van der Waals surface area contributed by atoms with Crippen LogP contribution in [0.1, 0.15) is 16.7 Å². The Morgan fingerprint density at radius 3 is 2.33 bits per heavy atom. The number of hydrogen-bond acceptors (Lipinski definition) is 5. The number of nitrogens with zero attached hydrogens (tertiary/aromatic N) is 1. The van der Waals surface area contributed by atoms with Crippen molar-refractivity contribution >= 4 is 27.3 Å². The topological polar surface area (TPSA) is 84.9 Å².